The van der Waals surface area contributed by atoms with Crippen molar-refractivity contribution < 1.29 is 9.53 Å². The third-order valence-electron chi connectivity index (χ3n) is 3.12. The van der Waals surface area contributed by atoms with Crippen LogP contribution in [0.2, 0.25) is 0 Å². The molecular formula is C14H20N2O2. The SMILES string of the molecule is COc1ccc(NC(=O)CNCC2CC2)c(C)c1. The van der Waals surface area contributed by atoms with Crippen LogP contribution in [0.5, 0.6) is 5.75 Å². The third kappa shape index (κ3) is 3.74. The van der Waals surface area contributed by atoms with Crippen molar-refractivity contribution in [2.24, 2.45) is 5.92 Å². The Hall–Kier alpha value is -1.55. The van der Waals surface area contributed by atoms with Gasteiger partial charge in [-0.2, -0.15) is 0 Å². The Morgan fingerprint density at radius 3 is 2.83 bits per heavy atom. The largest absolute Gasteiger partial charge is 0.497 e. The van der Waals surface area contributed by atoms with Gasteiger partial charge >= 0.3 is 0 Å². The van der Waals surface area contributed by atoms with E-state index in [1.54, 1.807) is 7.11 Å². The lowest BCUT2D eigenvalue weighted by atomic mass is 10.2. The van der Waals surface area contributed by atoms with Crippen molar-refractivity contribution in [1.29, 1.82) is 0 Å². The molecule has 0 saturated heterocycles. The van der Waals surface area contributed by atoms with Crippen molar-refractivity contribution in [2.75, 3.05) is 25.5 Å². The van der Waals surface area contributed by atoms with E-state index in [0.717, 1.165) is 29.5 Å². The number of amides is 1. The Kier molecular flexibility index (Phi) is 4.20. The molecule has 4 nitrogen and oxygen atoms in total. The van der Waals surface area contributed by atoms with Gasteiger partial charge in [0.1, 0.15) is 5.75 Å². The highest BCUT2D eigenvalue weighted by molar-refractivity contribution is 5.93. The quantitative estimate of drug-likeness (QED) is 0.809. The molecule has 2 rings (SSSR count). The molecule has 0 bridgehead atoms. The second-order valence-electron chi connectivity index (χ2n) is 4.80. The summed E-state index contributed by atoms with van der Waals surface area (Å²) in [6, 6.07) is 5.63. The van der Waals surface area contributed by atoms with E-state index < -0.39 is 0 Å². The van der Waals surface area contributed by atoms with Crippen LogP contribution in [0, 0.1) is 12.8 Å². The molecule has 1 aromatic rings. The van der Waals surface area contributed by atoms with E-state index in [-0.39, 0.29) is 5.91 Å². The van der Waals surface area contributed by atoms with Crippen LogP contribution in [-0.2, 0) is 4.79 Å². The number of benzene rings is 1. The summed E-state index contributed by atoms with van der Waals surface area (Å²) >= 11 is 0. The number of nitrogens with one attached hydrogen (secondary N) is 2. The second-order valence-corrected chi connectivity index (χ2v) is 4.80. The summed E-state index contributed by atoms with van der Waals surface area (Å²) in [5.41, 5.74) is 1.85. The highest BCUT2D eigenvalue weighted by atomic mass is 16.5. The maximum Gasteiger partial charge on any atom is 0.238 e. The molecule has 0 radical (unpaired) electrons. The molecule has 0 heterocycles. The number of anilines is 1. The maximum atomic E-state index is 11.7. The second kappa shape index (κ2) is 5.87. The summed E-state index contributed by atoms with van der Waals surface area (Å²) in [4.78, 5) is 11.7. The Morgan fingerprint density at radius 1 is 1.44 bits per heavy atom. The standard InChI is InChI=1S/C14H20N2O2/c1-10-7-12(18-2)5-6-13(10)16-14(17)9-15-8-11-3-4-11/h5-7,11,15H,3-4,8-9H2,1-2H3,(H,16,17). The number of carbonyl (C=O) groups is 1. The zero-order valence-corrected chi connectivity index (χ0v) is 11.0. The summed E-state index contributed by atoms with van der Waals surface area (Å²) in [6.07, 6.45) is 2.60. The van der Waals surface area contributed by atoms with Gasteiger partial charge < -0.3 is 15.4 Å². The molecule has 0 unspecified atom stereocenters. The van der Waals surface area contributed by atoms with Crippen LogP contribution >= 0.6 is 0 Å². The molecule has 98 valence electrons. The first-order valence-electron chi connectivity index (χ1n) is 6.34. The van der Waals surface area contributed by atoms with Crippen LogP contribution < -0.4 is 15.4 Å². The number of aryl methyl sites for hydroxylation is 1. The molecule has 1 aliphatic rings. The van der Waals surface area contributed by atoms with Gasteiger partial charge in [-0.15, -0.1) is 0 Å². The fourth-order valence-corrected chi connectivity index (χ4v) is 1.81. The van der Waals surface area contributed by atoms with Gasteiger partial charge in [0.2, 0.25) is 5.91 Å². The highest BCUT2D eigenvalue weighted by Crippen LogP contribution is 2.27. The summed E-state index contributed by atoms with van der Waals surface area (Å²) in [5, 5.41) is 6.07. The summed E-state index contributed by atoms with van der Waals surface area (Å²) in [7, 11) is 1.63. The van der Waals surface area contributed by atoms with E-state index in [1.807, 2.05) is 25.1 Å². The minimum atomic E-state index is 0.00363. The fourth-order valence-electron chi connectivity index (χ4n) is 1.81. The fraction of sp³-hybridized carbons (Fsp3) is 0.500. The van der Waals surface area contributed by atoms with Gasteiger partial charge in [0.15, 0.2) is 0 Å². The molecule has 1 aromatic carbocycles. The minimum absolute atomic E-state index is 0.00363. The van der Waals surface area contributed by atoms with Gasteiger partial charge in [-0.25, -0.2) is 0 Å². The maximum absolute atomic E-state index is 11.7. The van der Waals surface area contributed by atoms with Crippen LogP contribution in [-0.4, -0.2) is 26.1 Å². The first kappa shape index (κ1) is 12.9. The van der Waals surface area contributed by atoms with Crippen LogP contribution in [0.1, 0.15) is 18.4 Å². The van der Waals surface area contributed by atoms with Crippen molar-refractivity contribution in [1.82, 2.24) is 5.32 Å². The Bertz CT molecular complexity index is 428. The first-order chi connectivity index (χ1) is 8.69. The van der Waals surface area contributed by atoms with Gasteiger partial charge in [-0.05, 0) is 56.0 Å². The van der Waals surface area contributed by atoms with E-state index >= 15 is 0 Å². The molecule has 1 aliphatic carbocycles. The monoisotopic (exact) mass is 248 g/mol. The smallest absolute Gasteiger partial charge is 0.238 e. The van der Waals surface area contributed by atoms with E-state index in [2.05, 4.69) is 10.6 Å². The lowest BCUT2D eigenvalue weighted by Gasteiger charge is -2.10. The lowest BCUT2D eigenvalue weighted by molar-refractivity contribution is -0.115. The molecule has 18 heavy (non-hydrogen) atoms. The van der Waals surface area contributed by atoms with Gasteiger partial charge in [-0.3, -0.25) is 4.79 Å². The van der Waals surface area contributed by atoms with E-state index in [9.17, 15) is 4.79 Å². The van der Waals surface area contributed by atoms with Gasteiger partial charge in [0.25, 0.3) is 0 Å². The zero-order valence-electron chi connectivity index (χ0n) is 11.0. The molecular weight excluding hydrogens is 228 g/mol. The first-order valence-corrected chi connectivity index (χ1v) is 6.34. The van der Waals surface area contributed by atoms with Crippen LogP contribution in [0.3, 0.4) is 0 Å². The van der Waals surface area contributed by atoms with Gasteiger partial charge in [-0.1, -0.05) is 0 Å². The zero-order chi connectivity index (χ0) is 13.0. The van der Waals surface area contributed by atoms with E-state index in [0.29, 0.717) is 6.54 Å². The molecule has 0 atom stereocenters. The molecule has 0 aliphatic heterocycles. The predicted octanol–water partition coefficient (Wildman–Crippen LogP) is 1.94. The number of methoxy groups -OCH3 is 1. The molecule has 1 fully saturated rings. The number of carbonyl (C=O) groups excluding carboxylic acids is 1. The predicted molar refractivity (Wildman–Crippen MR) is 72.0 cm³/mol. The van der Waals surface area contributed by atoms with Crippen molar-refractivity contribution in [3.8, 4) is 5.75 Å². The average molecular weight is 248 g/mol. The van der Waals surface area contributed by atoms with Crippen LogP contribution in [0.25, 0.3) is 0 Å². The summed E-state index contributed by atoms with van der Waals surface area (Å²) < 4.78 is 5.13. The van der Waals surface area contributed by atoms with Gasteiger partial charge in [0, 0.05) is 5.69 Å². The summed E-state index contributed by atoms with van der Waals surface area (Å²) in [6.45, 7) is 3.28. The van der Waals surface area contributed by atoms with Crippen LogP contribution in [0.15, 0.2) is 18.2 Å². The normalized spacial score (nSPS) is 14.3. The van der Waals surface area contributed by atoms with Crippen molar-refractivity contribution in [2.45, 2.75) is 19.8 Å². The molecule has 4 heteroatoms. The Morgan fingerprint density at radius 2 is 2.22 bits per heavy atom. The molecule has 2 N–H and O–H groups in total. The topological polar surface area (TPSA) is 50.4 Å². The van der Waals surface area contributed by atoms with E-state index in [4.69, 9.17) is 4.74 Å². The number of rotatable bonds is 6. The van der Waals surface area contributed by atoms with Gasteiger partial charge in [0.05, 0.1) is 13.7 Å². The van der Waals surface area contributed by atoms with E-state index in [1.165, 1.54) is 12.8 Å². The molecule has 1 saturated carbocycles. The van der Waals surface area contributed by atoms with Crippen molar-refractivity contribution in [3.05, 3.63) is 23.8 Å². The minimum Gasteiger partial charge on any atom is -0.497 e. The average Bonchev–Trinajstić information content (AvgIpc) is 3.16. The highest BCUT2D eigenvalue weighted by Gasteiger charge is 2.20. The Labute approximate surface area is 108 Å². The molecule has 1 amide bonds. The number of hydrogen-bond acceptors (Lipinski definition) is 3. The molecule has 0 spiro atoms. The van der Waals surface area contributed by atoms with Crippen LogP contribution in [0.4, 0.5) is 5.69 Å². The van der Waals surface area contributed by atoms with Crippen molar-refractivity contribution >= 4 is 11.6 Å². The third-order valence-corrected chi connectivity index (χ3v) is 3.12. The lowest BCUT2D eigenvalue weighted by Crippen LogP contribution is -2.29. The van der Waals surface area contributed by atoms with Crippen molar-refractivity contribution in [3.63, 3.8) is 0 Å². The number of hydrogen-bond donors (Lipinski definition) is 2. The Balaban J connectivity index is 1.81. The summed E-state index contributed by atoms with van der Waals surface area (Å²) in [5.74, 6) is 1.60. The molecule has 0 aromatic heterocycles. The number of ether oxygens (including phenoxy) is 1.